The summed E-state index contributed by atoms with van der Waals surface area (Å²) in [6, 6.07) is 0.558. The third-order valence-corrected chi connectivity index (χ3v) is 3.80. The van der Waals surface area contributed by atoms with E-state index in [2.05, 4.69) is 44.8 Å². The summed E-state index contributed by atoms with van der Waals surface area (Å²) in [5, 5.41) is 3.63. The van der Waals surface area contributed by atoms with Gasteiger partial charge in [0, 0.05) is 25.7 Å². The molecular weight excluding hydrogens is 224 g/mol. The second kappa shape index (κ2) is 7.46. The van der Waals surface area contributed by atoms with Crippen molar-refractivity contribution in [2.45, 2.75) is 59.6 Å². The predicted octanol–water partition coefficient (Wildman–Crippen LogP) is 2.51. The zero-order valence-corrected chi connectivity index (χ0v) is 13.0. The Bertz CT molecular complexity index is 223. The molecule has 0 bridgehead atoms. The number of likely N-dealkylation sites (tertiary alicyclic amines) is 1. The Morgan fingerprint density at radius 2 is 2.06 bits per heavy atom. The fourth-order valence-electron chi connectivity index (χ4n) is 2.70. The number of hydrogen-bond acceptors (Lipinski definition) is 3. The summed E-state index contributed by atoms with van der Waals surface area (Å²) in [6.07, 6.45) is 2.95. The molecule has 2 atom stereocenters. The second-order valence-electron chi connectivity index (χ2n) is 6.46. The van der Waals surface area contributed by atoms with Crippen LogP contribution in [0.25, 0.3) is 0 Å². The summed E-state index contributed by atoms with van der Waals surface area (Å²) >= 11 is 0. The van der Waals surface area contributed by atoms with Crippen molar-refractivity contribution in [2.75, 3.05) is 32.8 Å². The number of likely N-dealkylation sites (N-methyl/N-ethyl adjacent to an activating group) is 1. The maximum atomic E-state index is 5.78. The van der Waals surface area contributed by atoms with Gasteiger partial charge in [0.15, 0.2) is 0 Å². The van der Waals surface area contributed by atoms with Crippen LogP contribution in [-0.4, -0.2) is 49.8 Å². The molecular formula is C15H32N2O. The van der Waals surface area contributed by atoms with Crippen molar-refractivity contribution in [2.24, 2.45) is 5.41 Å². The first-order valence-corrected chi connectivity index (χ1v) is 7.54. The van der Waals surface area contributed by atoms with Crippen molar-refractivity contribution < 1.29 is 4.74 Å². The summed E-state index contributed by atoms with van der Waals surface area (Å²) in [5.74, 6) is 0. The average molecular weight is 256 g/mol. The SMILES string of the molecule is CCNC(CN1CCCC(OCC)C1)C(C)(C)C. The smallest absolute Gasteiger partial charge is 0.0702 e. The number of nitrogens with zero attached hydrogens (tertiary/aromatic N) is 1. The molecule has 1 heterocycles. The van der Waals surface area contributed by atoms with Gasteiger partial charge < -0.3 is 10.1 Å². The van der Waals surface area contributed by atoms with Gasteiger partial charge in [-0.15, -0.1) is 0 Å². The van der Waals surface area contributed by atoms with E-state index in [1.165, 1.54) is 19.4 Å². The monoisotopic (exact) mass is 256 g/mol. The predicted molar refractivity (Wildman–Crippen MR) is 78.0 cm³/mol. The van der Waals surface area contributed by atoms with E-state index in [1.54, 1.807) is 0 Å². The molecule has 0 saturated carbocycles. The molecule has 0 amide bonds. The molecule has 1 aliphatic rings. The molecule has 0 aromatic rings. The van der Waals surface area contributed by atoms with Crippen LogP contribution >= 0.6 is 0 Å². The first-order valence-electron chi connectivity index (χ1n) is 7.54. The number of piperidine rings is 1. The highest BCUT2D eigenvalue weighted by Crippen LogP contribution is 2.22. The molecule has 3 heteroatoms. The lowest BCUT2D eigenvalue weighted by atomic mass is 9.86. The number of nitrogens with one attached hydrogen (secondary N) is 1. The van der Waals surface area contributed by atoms with Gasteiger partial charge >= 0.3 is 0 Å². The van der Waals surface area contributed by atoms with Crippen molar-refractivity contribution in [1.82, 2.24) is 10.2 Å². The van der Waals surface area contributed by atoms with E-state index in [4.69, 9.17) is 4.74 Å². The van der Waals surface area contributed by atoms with Crippen LogP contribution in [0.15, 0.2) is 0 Å². The van der Waals surface area contributed by atoms with Gasteiger partial charge in [-0.25, -0.2) is 0 Å². The minimum Gasteiger partial charge on any atom is -0.377 e. The van der Waals surface area contributed by atoms with E-state index >= 15 is 0 Å². The van der Waals surface area contributed by atoms with E-state index in [0.29, 0.717) is 17.6 Å². The average Bonchev–Trinajstić information content (AvgIpc) is 2.28. The van der Waals surface area contributed by atoms with Gasteiger partial charge in [-0.05, 0) is 38.3 Å². The quantitative estimate of drug-likeness (QED) is 0.790. The molecule has 0 aromatic carbocycles. The van der Waals surface area contributed by atoms with Crippen LogP contribution < -0.4 is 5.32 Å². The van der Waals surface area contributed by atoms with Gasteiger partial charge in [0.1, 0.15) is 0 Å². The zero-order chi connectivity index (χ0) is 13.6. The van der Waals surface area contributed by atoms with Crippen LogP contribution in [0.2, 0.25) is 0 Å². The van der Waals surface area contributed by atoms with Gasteiger partial charge in [0.05, 0.1) is 6.10 Å². The summed E-state index contributed by atoms with van der Waals surface area (Å²) in [4.78, 5) is 2.57. The highest BCUT2D eigenvalue weighted by atomic mass is 16.5. The summed E-state index contributed by atoms with van der Waals surface area (Å²) in [5.41, 5.74) is 0.314. The lowest BCUT2D eigenvalue weighted by Gasteiger charge is -2.39. The van der Waals surface area contributed by atoms with Crippen molar-refractivity contribution >= 4 is 0 Å². The molecule has 108 valence electrons. The van der Waals surface area contributed by atoms with Gasteiger partial charge in [0.25, 0.3) is 0 Å². The zero-order valence-electron chi connectivity index (χ0n) is 13.0. The Labute approximate surface area is 113 Å². The highest BCUT2D eigenvalue weighted by molar-refractivity contribution is 4.85. The van der Waals surface area contributed by atoms with Crippen molar-refractivity contribution in [3.63, 3.8) is 0 Å². The molecule has 0 radical (unpaired) electrons. The summed E-state index contributed by atoms with van der Waals surface area (Å²) in [6.45, 7) is 16.6. The molecule has 2 unspecified atom stereocenters. The van der Waals surface area contributed by atoms with Crippen LogP contribution in [0.3, 0.4) is 0 Å². The molecule has 18 heavy (non-hydrogen) atoms. The second-order valence-corrected chi connectivity index (χ2v) is 6.46. The molecule has 1 saturated heterocycles. The minimum absolute atomic E-state index is 0.314. The minimum atomic E-state index is 0.314. The van der Waals surface area contributed by atoms with Crippen molar-refractivity contribution in [3.05, 3.63) is 0 Å². The molecule has 1 rings (SSSR count). The fourth-order valence-corrected chi connectivity index (χ4v) is 2.70. The molecule has 0 aliphatic carbocycles. The van der Waals surface area contributed by atoms with Crippen LogP contribution in [0.4, 0.5) is 0 Å². The summed E-state index contributed by atoms with van der Waals surface area (Å²) < 4.78 is 5.78. The van der Waals surface area contributed by atoms with Crippen LogP contribution in [0.1, 0.15) is 47.5 Å². The first-order chi connectivity index (χ1) is 8.47. The normalized spacial score (nSPS) is 24.2. The summed E-state index contributed by atoms with van der Waals surface area (Å²) in [7, 11) is 0. The molecule has 1 fully saturated rings. The standard InChI is InChI=1S/C15H32N2O/c1-6-16-14(15(3,4)5)12-17-10-8-9-13(11-17)18-7-2/h13-14,16H,6-12H2,1-5H3. The Morgan fingerprint density at radius 1 is 1.33 bits per heavy atom. The Balaban J connectivity index is 2.47. The molecule has 1 aliphatic heterocycles. The lowest BCUT2D eigenvalue weighted by Crippen LogP contribution is -2.51. The lowest BCUT2D eigenvalue weighted by molar-refractivity contribution is -0.000293. The topological polar surface area (TPSA) is 24.5 Å². The van der Waals surface area contributed by atoms with E-state index in [9.17, 15) is 0 Å². The molecule has 1 N–H and O–H groups in total. The van der Waals surface area contributed by atoms with Crippen LogP contribution in [0.5, 0.6) is 0 Å². The van der Waals surface area contributed by atoms with E-state index in [-0.39, 0.29) is 0 Å². The van der Waals surface area contributed by atoms with Gasteiger partial charge in [-0.1, -0.05) is 27.7 Å². The van der Waals surface area contributed by atoms with Crippen molar-refractivity contribution in [1.29, 1.82) is 0 Å². The van der Waals surface area contributed by atoms with E-state index < -0.39 is 0 Å². The Kier molecular flexibility index (Phi) is 6.61. The molecule has 0 aromatic heterocycles. The largest absolute Gasteiger partial charge is 0.377 e. The first kappa shape index (κ1) is 15.9. The maximum absolute atomic E-state index is 5.78. The Morgan fingerprint density at radius 3 is 2.61 bits per heavy atom. The third-order valence-electron chi connectivity index (χ3n) is 3.80. The fraction of sp³-hybridized carbons (Fsp3) is 1.00. The third kappa shape index (κ3) is 5.25. The Hall–Kier alpha value is -0.120. The number of rotatable bonds is 6. The highest BCUT2D eigenvalue weighted by Gasteiger charge is 2.28. The van der Waals surface area contributed by atoms with E-state index in [1.807, 2.05) is 0 Å². The molecule has 0 spiro atoms. The van der Waals surface area contributed by atoms with Gasteiger partial charge in [0.2, 0.25) is 0 Å². The van der Waals surface area contributed by atoms with E-state index in [0.717, 1.165) is 26.2 Å². The molecule has 3 nitrogen and oxygen atoms in total. The number of hydrogen-bond donors (Lipinski definition) is 1. The van der Waals surface area contributed by atoms with Crippen LogP contribution in [0, 0.1) is 5.41 Å². The van der Waals surface area contributed by atoms with Gasteiger partial charge in [-0.2, -0.15) is 0 Å². The maximum Gasteiger partial charge on any atom is 0.0702 e. The van der Waals surface area contributed by atoms with Crippen molar-refractivity contribution in [3.8, 4) is 0 Å². The van der Waals surface area contributed by atoms with Crippen LogP contribution in [-0.2, 0) is 4.74 Å². The number of ether oxygens (including phenoxy) is 1. The van der Waals surface area contributed by atoms with Gasteiger partial charge in [-0.3, -0.25) is 4.90 Å².